The maximum Gasteiger partial charge on any atom is 0.264 e. The van der Waals surface area contributed by atoms with Gasteiger partial charge in [-0.3, -0.25) is 0 Å². The summed E-state index contributed by atoms with van der Waals surface area (Å²) in [5.74, 6) is -2.83. The minimum atomic E-state index is -2.83. The zero-order chi connectivity index (χ0) is 10.8. The summed E-state index contributed by atoms with van der Waals surface area (Å²) in [5, 5.41) is 2.92. The Bertz CT molecular complexity index is 309. The van der Waals surface area contributed by atoms with Crippen molar-refractivity contribution in [1.82, 2.24) is 5.32 Å². The van der Waals surface area contributed by atoms with Crippen molar-refractivity contribution in [2.75, 3.05) is 7.05 Å². The van der Waals surface area contributed by atoms with Crippen LogP contribution in [0.25, 0.3) is 0 Å². The molecule has 0 spiro atoms. The predicted octanol–water partition coefficient (Wildman–Crippen LogP) is 3.26. The maximum atomic E-state index is 13.1. The molecule has 0 aliphatic carbocycles. The van der Waals surface area contributed by atoms with E-state index >= 15 is 0 Å². The molecule has 0 aromatic heterocycles. The Hall–Kier alpha value is -0.670. The van der Waals surface area contributed by atoms with Crippen molar-refractivity contribution >= 4 is 11.6 Å². The second kappa shape index (κ2) is 4.24. The Morgan fingerprint density at radius 1 is 1.36 bits per heavy atom. The highest BCUT2D eigenvalue weighted by Gasteiger charge is 2.35. The summed E-state index contributed by atoms with van der Waals surface area (Å²) in [6, 6.07) is 5.56. The van der Waals surface area contributed by atoms with E-state index in [9.17, 15) is 8.78 Å². The Morgan fingerprint density at radius 3 is 2.36 bits per heavy atom. The van der Waals surface area contributed by atoms with Crippen molar-refractivity contribution in [1.29, 1.82) is 0 Å². The van der Waals surface area contributed by atoms with Crippen molar-refractivity contribution in [2.24, 2.45) is 0 Å². The molecule has 0 aliphatic heterocycles. The number of hydrogen-bond donors (Lipinski definition) is 1. The van der Waals surface area contributed by atoms with E-state index < -0.39 is 12.0 Å². The Morgan fingerprint density at radius 2 is 1.93 bits per heavy atom. The molecule has 78 valence electrons. The molecule has 0 saturated carbocycles. The van der Waals surface area contributed by atoms with Crippen molar-refractivity contribution in [3.05, 3.63) is 34.9 Å². The van der Waals surface area contributed by atoms with Gasteiger partial charge in [-0.25, -0.2) is 8.78 Å². The van der Waals surface area contributed by atoms with E-state index in [1.54, 1.807) is 24.3 Å². The number of nitrogens with one attached hydrogen (secondary N) is 1. The minimum absolute atomic E-state index is 0.355. The van der Waals surface area contributed by atoms with Gasteiger partial charge in [-0.2, -0.15) is 0 Å². The maximum absolute atomic E-state index is 13.1. The van der Waals surface area contributed by atoms with Crippen LogP contribution in [0, 0.1) is 0 Å². The molecule has 1 aromatic rings. The molecule has 1 nitrogen and oxygen atoms in total. The summed E-state index contributed by atoms with van der Waals surface area (Å²) < 4.78 is 26.3. The molecule has 0 bridgehead atoms. The summed E-state index contributed by atoms with van der Waals surface area (Å²) in [5.41, 5.74) is 0.421. The lowest BCUT2D eigenvalue weighted by Gasteiger charge is -2.24. The molecular weight excluding hydrogens is 208 g/mol. The van der Waals surface area contributed by atoms with Crippen LogP contribution < -0.4 is 5.32 Å². The number of halogens is 3. The molecule has 0 amide bonds. The van der Waals surface area contributed by atoms with Crippen molar-refractivity contribution < 1.29 is 8.78 Å². The topological polar surface area (TPSA) is 12.0 Å². The van der Waals surface area contributed by atoms with Crippen LogP contribution in [0.4, 0.5) is 8.78 Å². The van der Waals surface area contributed by atoms with Gasteiger partial charge in [0.1, 0.15) is 0 Å². The van der Waals surface area contributed by atoms with E-state index in [2.05, 4.69) is 5.32 Å². The summed E-state index contributed by atoms with van der Waals surface area (Å²) >= 11 is 5.83. The fourth-order valence-electron chi connectivity index (χ4n) is 1.39. The van der Waals surface area contributed by atoms with Gasteiger partial charge in [0.05, 0.1) is 6.04 Å². The zero-order valence-corrected chi connectivity index (χ0v) is 8.78. The van der Waals surface area contributed by atoms with Crippen molar-refractivity contribution in [3.8, 4) is 0 Å². The van der Waals surface area contributed by atoms with E-state index in [-0.39, 0.29) is 0 Å². The highest BCUT2D eigenvalue weighted by Crippen LogP contribution is 2.33. The number of hydrogen-bond acceptors (Lipinski definition) is 1. The standard InChI is InChI=1S/C10H12ClF2N/c1-10(12,13)9(14-2)7-5-3-4-6-8(7)11/h3-6,9,14H,1-2H3. The third-order valence-corrected chi connectivity index (χ3v) is 2.36. The Labute approximate surface area is 87.1 Å². The van der Waals surface area contributed by atoms with Gasteiger partial charge in [-0.1, -0.05) is 29.8 Å². The molecule has 1 aromatic carbocycles. The van der Waals surface area contributed by atoms with Crippen LogP contribution in [0.1, 0.15) is 18.5 Å². The monoisotopic (exact) mass is 219 g/mol. The van der Waals surface area contributed by atoms with E-state index in [4.69, 9.17) is 11.6 Å². The molecule has 1 rings (SSSR count). The minimum Gasteiger partial charge on any atom is -0.308 e. The van der Waals surface area contributed by atoms with Gasteiger partial charge in [0.25, 0.3) is 5.92 Å². The first-order chi connectivity index (χ1) is 6.46. The molecule has 1 N–H and O–H groups in total. The third kappa shape index (κ3) is 2.42. The molecule has 0 saturated heterocycles. The highest BCUT2D eigenvalue weighted by molar-refractivity contribution is 6.31. The molecule has 0 aliphatic rings. The molecule has 14 heavy (non-hydrogen) atoms. The SMILES string of the molecule is CNC(c1ccccc1Cl)C(C)(F)F. The van der Waals surface area contributed by atoms with E-state index in [0.717, 1.165) is 6.92 Å². The van der Waals surface area contributed by atoms with Gasteiger partial charge in [-0.05, 0) is 18.7 Å². The fourth-order valence-corrected chi connectivity index (χ4v) is 1.64. The number of benzene rings is 1. The van der Waals surface area contributed by atoms with Crippen molar-refractivity contribution in [2.45, 2.75) is 18.9 Å². The third-order valence-electron chi connectivity index (χ3n) is 2.01. The normalized spacial score (nSPS) is 14.1. The van der Waals surface area contributed by atoms with Crippen LogP contribution in [0.5, 0.6) is 0 Å². The van der Waals surface area contributed by atoms with Gasteiger partial charge in [0.15, 0.2) is 0 Å². The van der Waals surface area contributed by atoms with E-state index in [1.165, 1.54) is 7.05 Å². The predicted molar refractivity (Wildman–Crippen MR) is 53.9 cm³/mol. The first-order valence-electron chi connectivity index (χ1n) is 4.26. The molecule has 1 atom stereocenters. The smallest absolute Gasteiger partial charge is 0.264 e. The lowest BCUT2D eigenvalue weighted by atomic mass is 10.0. The van der Waals surface area contributed by atoms with Gasteiger partial charge in [-0.15, -0.1) is 0 Å². The van der Waals surface area contributed by atoms with Crippen LogP contribution in [0.15, 0.2) is 24.3 Å². The summed E-state index contributed by atoms with van der Waals surface area (Å²) in [7, 11) is 1.49. The quantitative estimate of drug-likeness (QED) is 0.823. The summed E-state index contributed by atoms with van der Waals surface area (Å²) in [6.07, 6.45) is 0. The first kappa shape index (κ1) is 11.4. The van der Waals surface area contributed by atoms with Crippen LogP contribution in [-0.2, 0) is 0 Å². The molecule has 0 heterocycles. The zero-order valence-electron chi connectivity index (χ0n) is 8.02. The lowest BCUT2D eigenvalue weighted by molar-refractivity contribution is -0.0169. The van der Waals surface area contributed by atoms with Gasteiger partial charge < -0.3 is 5.32 Å². The highest BCUT2D eigenvalue weighted by atomic mass is 35.5. The van der Waals surface area contributed by atoms with E-state index in [1.807, 2.05) is 0 Å². The summed E-state index contributed by atoms with van der Waals surface area (Å²) in [6.45, 7) is 0.873. The van der Waals surface area contributed by atoms with Crippen LogP contribution >= 0.6 is 11.6 Å². The van der Waals surface area contributed by atoms with E-state index in [0.29, 0.717) is 10.6 Å². The second-order valence-electron chi connectivity index (χ2n) is 3.20. The largest absolute Gasteiger partial charge is 0.308 e. The van der Waals surface area contributed by atoms with Crippen molar-refractivity contribution in [3.63, 3.8) is 0 Å². The molecule has 0 fully saturated rings. The van der Waals surface area contributed by atoms with Crippen LogP contribution in [0.2, 0.25) is 5.02 Å². The average Bonchev–Trinajstić information content (AvgIpc) is 2.07. The molecule has 0 radical (unpaired) electrons. The van der Waals surface area contributed by atoms with Gasteiger partial charge in [0.2, 0.25) is 0 Å². The number of alkyl halides is 2. The van der Waals surface area contributed by atoms with Gasteiger partial charge in [0, 0.05) is 11.9 Å². The Kier molecular flexibility index (Phi) is 3.45. The van der Waals surface area contributed by atoms with Crippen LogP contribution in [-0.4, -0.2) is 13.0 Å². The molecule has 4 heteroatoms. The molecule has 1 unspecified atom stereocenters. The average molecular weight is 220 g/mol. The van der Waals surface area contributed by atoms with Gasteiger partial charge >= 0.3 is 0 Å². The van der Waals surface area contributed by atoms with Crippen LogP contribution in [0.3, 0.4) is 0 Å². The fraction of sp³-hybridized carbons (Fsp3) is 0.400. The second-order valence-corrected chi connectivity index (χ2v) is 3.61. The Balaban J connectivity index is 3.08. The first-order valence-corrected chi connectivity index (χ1v) is 4.64. The lowest BCUT2D eigenvalue weighted by Crippen LogP contribution is -2.32. The molecular formula is C10H12ClF2N. The summed E-state index contributed by atoms with van der Waals surface area (Å²) in [4.78, 5) is 0. The number of rotatable bonds is 3.